The fourth-order valence-electron chi connectivity index (χ4n) is 5.65. The quantitative estimate of drug-likeness (QED) is 0.165. The fraction of sp³-hybridized carbons (Fsp3) is 0.364. The molecule has 1 unspecified atom stereocenters. The van der Waals surface area contributed by atoms with Crippen LogP contribution < -0.4 is 5.32 Å². The molecule has 1 aliphatic rings. The Labute approximate surface area is 265 Å². The third-order valence-electron chi connectivity index (χ3n) is 8.07. The molecule has 5 rings (SSSR count). The zero-order valence-corrected chi connectivity index (χ0v) is 26.1. The molecule has 0 bridgehead atoms. The average Bonchev–Trinajstić information content (AvgIpc) is 3.64. The second-order valence-corrected chi connectivity index (χ2v) is 11.1. The maximum Gasteiger partial charge on any atom is 0.357 e. The molecule has 1 aromatic carbocycles. The highest BCUT2D eigenvalue weighted by molar-refractivity contribution is 5.93. The molecule has 1 saturated heterocycles. The second-order valence-electron chi connectivity index (χ2n) is 11.1. The number of esters is 1. The Bertz CT molecular complexity index is 1680. The molecule has 0 aliphatic carbocycles. The molecule has 1 fully saturated rings. The lowest BCUT2D eigenvalue weighted by atomic mass is 9.84. The number of rotatable bonds is 12. The number of hydroxylamine groups is 2. The number of hydrogen-bond acceptors (Lipinski definition) is 9. The molecule has 11 nitrogen and oxygen atoms in total. The van der Waals surface area contributed by atoms with Gasteiger partial charge in [-0.15, -0.1) is 0 Å². The van der Waals surface area contributed by atoms with E-state index in [2.05, 4.69) is 15.3 Å². The topological polar surface area (TPSA) is 121 Å². The van der Waals surface area contributed by atoms with Crippen LogP contribution in [0.5, 0.6) is 0 Å². The van der Waals surface area contributed by atoms with Gasteiger partial charge in [0.15, 0.2) is 5.69 Å². The molecule has 13 heteroatoms. The van der Waals surface area contributed by atoms with Crippen molar-refractivity contribution in [2.75, 3.05) is 39.2 Å². The van der Waals surface area contributed by atoms with Crippen molar-refractivity contribution < 1.29 is 32.7 Å². The van der Waals surface area contributed by atoms with Crippen LogP contribution in [0.2, 0.25) is 0 Å². The molecule has 3 aromatic heterocycles. The first-order chi connectivity index (χ1) is 22.2. The lowest BCUT2D eigenvalue weighted by Crippen LogP contribution is -2.27. The number of hydrogen-bond donors (Lipinski definition) is 1. The van der Waals surface area contributed by atoms with Crippen molar-refractivity contribution in [3.05, 3.63) is 89.3 Å². The molecule has 1 amide bonds. The lowest BCUT2D eigenvalue weighted by Gasteiger charge is -2.23. The Kier molecular flexibility index (Phi) is 10.5. The van der Waals surface area contributed by atoms with Crippen molar-refractivity contribution >= 4 is 17.7 Å². The molecule has 46 heavy (non-hydrogen) atoms. The number of alkyl halides is 1. The third kappa shape index (κ3) is 7.11. The zero-order chi connectivity index (χ0) is 32.8. The van der Waals surface area contributed by atoms with E-state index in [-0.39, 0.29) is 35.4 Å². The van der Waals surface area contributed by atoms with Crippen LogP contribution in [-0.2, 0) is 25.8 Å². The van der Waals surface area contributed by atoms with Crippen molar-refractivity contribution in [3.63, 3.8) is 0 Å². The summed E-state index contributed by atoms with van der Waals surface area (Å²) in [7, 11) is 2.81. The number of benzene rings is 1. The van der Waals surface area contributed by atoms with Gasteiger partial charge in [0, 0.05) is 61.6 Å². The number of nitrogens with one attached hydrogen (secondary N) is 1. The first kappa shape index (κ1) is 32.8. The predicted octanol–water partition coefficient (Wildman–Crippen LogP) is 5.25. The molecule has 3 atom stereocenters. The molecule has 242 valence electrons. The number of anilines is 1. The van der Waals surface area contributed by atoms with Gasteiger partial charge in [-0.3, -0.25) is 9.63 Å². The van der Waals surface area contributed by atoms with Gasteiger partial charge in [0.05, 0.1) is 25.1 Å². The highest BCUT2D eigenvalue weighted by atomic mass is 19.1. The van der Waals surface area contributed by atoms with Gasteiger partial charge in [-0.1, -0.05) is 25.1 Å². The van der Waals surface area contributed by atoms with Gasteiger partial charge in [0.1, 0.15) is 18.6 Å². The highest BCUT2D eigenvalue weighted by Gasteiger charge is 2.39. The molecule has 4 aromatic rings. The van der Waals surface area contributed by atoms with Crippen molar-refractivity contribution in [1.82, 2.24) is 24.8 Å². The molecule has 4 heterocycles. The van der Waals surface area contributed by atoms with E-state index in [0.29, 0.717) is 53.6 Å². The number of carbonyl (C=O) groups excluding carboxylic acids is 2. The maximum absolute atomic E-state index is 14.0. The summed E-state index contributed by atoms with van der Waals surface area (Å²) in [5.74, 6) is -1.44. The van der Waals surface area contributed by atoms with E-state index in [9.17, 15) is 18.4 Å². The largest absolute Gasteiger partial charge is 0.464 e. The molecular formula is C33H36F2N6O5. The van der Waals surface area contributed by atoms with Crippen LogP contribution in [0.1, 0.15) is 46.6 Å². The van der Waals surface area contributed by atoms with E-state index in [0.717, 1.165) is 0 Å². The number of pyridine rings is 2. The third-order valence-corrected chi connectivity index (χ3v) is 8.07. The Morgan fingerprint density at radius 2 is 1.93 bits per heavy atom. The maximum atomic E-state index is 14.0. The summed E-state index contributed by atoms with van der Waals surface area (Å²) in [6.45, 7) is 4.36. The standard InChI is InChI=1S/C33H36F2N6O5/c1-20(26-19-40(12-13-44-3)46-31(26)22-10-11-36-27(35)16-22)14-28(42)38-32-21(2)29(39-41(32)25-8-6-5-7-9-25)24-15-23(17-34)30(37-18-24)33(43)45-4/h5-11,15-16,18,20,26,31H,12-14,17,19H2,1-4H3,(H,38,42)/t20?,26-,31-/m0/s1. The lowest BCUT2D eigenvalue weighted by molar-refractivity contribution is -0.156. The normalized spacial score (nSPS) is 17.2. The summed E-state index contributed by atoms with van der Waals surface area (Å²) < 4.78 is 39.5. The van der Waals surface area contributed by atoms with Crippen LogP contribution in [0, 0.1) is 24.7 Å². The van der Waals surface area contributed by atoms with Gasteiger partial charge >= 0.3 is 5.97 Å². The summed E-state index contributed by atoms with van der Waals surface area (Å²) >= 11 is 0. The number of carbonyl (C=O) groups is 2. The second kappa shape index (κ2) is 14.7. The Morgan fingerprint density at radius 3 is 2.63 bits per heavy atom. The Hall–Kier alpha value is -4.59. The van der Waals surface area contributed by atoms with Crippen LogP contribution >= 0.6 is 0 Å². The van der Waals surface area contributed by atoms with Crippen molar-refractivity contribution in [2.45, 2.75) is 33.0 Å². The number of para-hydroxylation sites is 1. The van der Waals surface area contributed by atoms with E-state index >= 15 is 0 Å². The summed E-state index contributed by atoms with van der Waals surface area (Å²) in [4.78, 5) is 39.7. The molecule has 0 spiro atoms. The number of methoxy groups -OCH3 is 2. The molecule has 0 radical (unpaired) electrons. The SMILES string of the molecule is COCCN1C[C@@H](C(C)CC(=O)Nc2c(C)c(-c3cnc(C(=O)OC)c(CF)c3)nn2-c2ccccc2)[C@H](c2ccnc(F)c2)O1. The van der Waals surface area contributed by atoms with E-state index < -0.39 is 24.7 Å². The molecular weight excluding hydrogens is 598 g/mol. The van der Waals surface area contributed by atoms with Gasteiger partial charge in [-0.25, -0.2) is 23.8 Å². The smallest absolute Gasteiger partial charge is 0.357 e. The zero-order valence-electron chi connectivity index (χ0n) is 26.1. The van der Waals surface area contributed by atoms with E-state index in [4.69, 9.17) is 19.4 Å². The Morgan fingerprint density at radius 1 is 1.15 bits per heavy atom. The van der Waals surface area contributed by atoms with Gasteiger partial charge in [0.2, 0.25) is 11.9 Å². The minimum Gasteiger partial charge on any atom is -0.464 e. The fourth-order valence-corrected chi connectivity index (χ4v) is 5.65. The minimum absolute atomic E-state index is 0.0689. The number of ether oxygens (including phenoxy) is 2. The van der Waals surface area contributed by atoms with Gasteiger partial charge in [0.25, 0.3) is 0 Å². The van der Waals surface area contributed by atoms with Crippen LogP contribution in [0.4, 0.5) is 14.6 Å². The first-order valence-corrected chi connectivity index (χ1v) is 14.8. The van der Waals surface area contributed by atoms with Crippen LogP contribution in [-0.4, -0.2) is 70.6 Å². The number of aromatic nitrogens is 4. The van der Waals surface area contributed by atoms with Crippen molar-refractivity contribution in [3.8, 4) is 16.9 Å². The van der Waals surface area contributed by atoms with E-state index in [1.807, 2.05) is 37.3 Å². The van der Waals surface area contributed by atoms with Crippen LogP contribution in [0.25, 0.3) is 16.9 Å². The molecule has 1 N–H and O–H groups in total. The van der Waals surface area contributed by atoms with Gasteiger partial charge < -0.3 is 14.8 Å². The number of nitrogens with zero attached hydrogens (tertiary/aromatic N) is 5. The van der Waals surface area contributed by atoms with E-state index in [1.165, 1.54) is 31.6 Å². The Balaban J connectivity index is 1.42. The highest BCUT2D eigenvalue weighted by Crippen LogP contribution is 2.40. The number of amides is 1. The summed E-state index contributed by atoms with van der Waals surface area (Å²) in [6, 6.07) is 13.9. The van der Waals surface area contributed by atoms with Crippen molar-refractivity contribution in [2.24, 2.45) is 11.8 Å². The predicted molar refractivity (Wildman–Crippen MR) is 165 cm³/mol. The summed E-state index contributed by atoms with van der Waals surface area (Å²) in [6.07, 6.45) is 2.51. The monoisotopic (exact) mass is 634 g/mol. The van der Waals surface area contributed by atoms with Gasteiger partial charge in [-0.2, -0.15) is 14.6 Å². The minimum atomic E-state index is -0.925. The summed E-state index contributed by atoms with van der Waals surface area (Å²) in [5, 5.41) is 9.61. The van der Waals surface area contributed by atoms with E-state index in [1.54, 1.807) is 29.8 Å². The number of halogens is 2. The molecule has 0 saturated carbocycles. The average molecular weight is 635 g/mol. The first-order valence-electron chi connectivity index (χ1n) is 14.8. The van der Waals surface area contributed by atoms with Crippen molar-refractivity contribution in [1.29, 1.82) is 0 Å². The van der Waals surface area contributed by atoms with Gasteiger partial charge in [-0.05, 0) is 48.7 Å². The summed E-state index contributed by atoms with van der Waals surface area (Å²) in [5.41, 5.74) is 2.86. The molecule has 1 aliphatic heterocycles. The van der Waals surface area contributed by atoms with Crippen LogP contribution in [0.3, 0.4) is 0 Å². The van der Waals surface area contributed by atoms with Crippen LogP contribution in [0.15, 0.2) is 60.9 Å².